The molecule has 0 atom stereocenters. The van der Waals surface area contributed by atoms with Gasteiger partial charge in [0, 0.05) is 0 Å². The summed E-state index contributed by atoms with van der Waals surface area (Å²) in [4.78, 5) is 0. The van der Waals surface area contributed by atoms with Crippen molar-refractivity contribution in [2.24, 2.45) is 0 Å². The average molecular weight is 453 g/mol. The summed E-state index contributed by atoms with van der Waals surface area (Å²) in [6.07, 6.45) is 33.3. The van der Waals surface area contributed by atoms with E-state index in [-0.39, 0.29) is 0 Å². The number of rotatable bonds is 27. The first kappa shape index (κ1) is 32.0. The highest BCUT2D eigenvalue weighted by Crippen LogP contribution is 2.20. The third kappa shape index (κ3) is 20.6. The van der Waals surface area contributed by atoms with Gasteiger partial charge in [-0.2, -0.15) is 0 Å². The van der Waals surface area contributed by atoms with E-state index in [1.54, 1.807) is 0 Å². The molecule has 0 bridgehead atoms. The summed E-state index contributed by atoms with van der Waals surface area (Å²) in [7, 11) is 0. The molecule has 0 aliphatic heterocycles. The van der Waals surface area contributed by atoms with E-state index in [2.05, 4.69) is 27.7 Å². The molecule has 0 aromatic rings. The zero-order valence-corrected chi connectivity index (χ0v) is 23.5. The monoisotopic (exact) mass is 453 g/mol. The van der Waals surface area contributed by atoms with Gasteiger partial charge in [0.15, 0.2) is 0 Å². The molecule has 0 spiro atoms. The van der Waals surface area contributed by atoms with E-state index in [9.17, 15) is 0 Å². The second-order valence-corrected chi connectivity index (χ2v) is 11.0. The summed E-state index contributed by atoms with van der Waals surface area (Å²) < 4.78 is 1.47. The normalized spacial score (nSPS) is 12.0. The highest BCUT2D eigenvalue weighted by molar-refractivity contribution is 4.55. The summed E-state index contributed by atoms with van der Waals surface area (Å²) in [6.45, 7) is 15.3. The summed E-state index contributed by atoms with van der Waals surface area (Å²) in [5.74, 6) is 0. The predicted octanol–water partition coefficient (Wildman–Crippen LogP) is 10.9. The van der Waals surface area contributed by atoms with Gasteiger partial charge >= 0.3 is 0 Å². The van der Waals surface area contributed by atoms with Crippen LogP contribution in [0, 0.1) is 0 Å². The van der Waals surface area contributed by atoms with Gasteiger partial charge in [0.2, 0.25) is 0 Å². The fourth-order valence-electron chi connectivity index (χ4n) is 5.40. The van der Waals surface area contributed by atoms with Crippen LogP contribution in [0.3, 0.4) is 0 Å². The van der Waals surface area contributed by atoms with Crippen LogP contribution in [-0.4, -0.2) is 30.7 Å². The SMILES string of the molecule is CCCCCCCC[N+](CCCCCCC)(CCCCCCCC)CCCCCCCC. The van der Waals surface area contributed by atoms with Crippen LogP contribution in [0.1, 0.15) is 175 Å². The van der Waals surface area contributed by atoms with Gasteiger partial charge in [-0.3, -0.25) is 0 Å². The van der Waals surface area contributed by atoms with E-state index in [1.807, 2.05) is 0 Å². The van der Waals surface area contributed by atoms with E-state index in [0.717, 1.165) is 0 Å². The van der Waals surface area contributed by atoms with Crippen LogP contribution in [0.5, 0.6) is 0 Å². The highest BCUT2D eigenvalue weighted by Gasteiger charge is 2.25. The van der Waals surface area contributed by atoms with Crippen molar-refractivity contribution in [3.05, 3.63) is 0 Å². The lowest BCUT2D eigenvalue weighted by atomic mass is 10.0. The zero-order chi connectivity index (χ0) is 23.6. The Bertz CT molecular complexity index is 297. The lowest BCUT2D eigenvalue weighted by Crippen LogP contribution is -2.50. The van der Waals surface area contributed by atoms with Crippen LogP contribution in [0.25, 0.3) is 0 Å². The second-order valence-electron chi connectivity index (χ2n) is 11.0. The minimum Gasteiger partial charge on any atom is -0.324 e. The third-order valence-electron chi connectivity index (χ3n) is 7.69. The van der Waals surface area contributed by atoms with Crippen LogP contribution in [0.2, 0.25) is 0 Å². The minimum atomic E-state index is 1.37. The second kappa shape index (κ2) is 25.6. The standard InChI is InChI=1S/C31H66N/c1-5-9-13-17-21-25-29-32(28-24-20-16-12-8-4,30-26-22-18-14-10-6-2)31-27-23-19-15-11-7-3/h5-31H2,1-4H3/q+1. The lowest BCUT2D eigenvalue weighted by Gasteiger charge is -2.40. The molecule has 0 heterocycles. The molecule has 0 aromatic carbocycles. The first-order valence-electron chi connectivity index (χ1n) is 15.6. The Hall–Kier alpha value is -0.0400. The minimum absolute atomic E-state index is 1.37. The molecule has 1 heteroatoms. The molecule has 0 amide bonds. The number of unbranched alkanes of at least 4 members (excludes halogenated alkanes) is 19. The molecule has 0 unspecified atom stereocenters. The zero-order valence-electron chi connectivity index (χ0n) is 23.5. The van der Waals surface area contributed by atoms with Crippen LogP contribution < -0.4 is 0 Å². The van der Waals surface area contributed by atoms with Gasteiger partial charge in [-0.05, 0) is 51.4 Å². The van der Waals surface area contributed by atoms with Gasteiger partial charge in [0.05, 0.1) is 26.2 Å². The van der Waals surface area contributed by atoms with Crippen molar-refractivity contribution in [2.75, 3.05) is 26.2 Å². The molecular formula is C31H66N+. The fourth-order valence-corrected chi connectivity index (χ4v) is 5.40. The van der Waals surface area contributed by atoms with E-state index < -0.39 is 0 Å². The van der Waals surface area contributed by atoms with Gasteiger partial charge in [0.1, 0.15) is 0 Å². The average Bonchev–Trinajstić information content (AvgIpc) is 2.80. The molecule has 0 saturated heterocycles. The first-order chi connectivity index (χ1) is 15.7. The predicted molar refractivity (Wildman–Crippen MR) is 149 cm³/mol. The van der Waals surface area contributed by atoms with Gasteiger partial charge in [-0.1, -0.05) is 124 Å². The van der Waals surface area contributed by atoms with Gasteiger partial charge < -0.3 is 4.48 Å². The molecule has 0 aromatic heterocycles. The topological polar surface area (TPSA) is 0 Å². The van der Waals surface area contributed by atoms with E-state index in [1.165, 1.54) is 178 Å². The first-order valence-corrected chi connectivity index (χ1v) is 15.6. The Morgan fingerprint density at radius 1 is 0.250 bits per heavy atom. The van der Waals surface area contributed by atoms with E-state index in [4.69, 9.17) is 0 Å². The Morgan fingerprint density at radius 2 is 0.438 bits per heavy atom. The maximum Gasteiger partial charge on any atom is 0.0786 e. The molecule has 0 aliphatic rings. The number of hydrogen-bond donors (Lipinski definition) is 0. The highest BCUT2D eigenvalue weighted by atomic mass is 15.3. The number of quaternary nitrogens is 1. The molecule has 0 fully saturated rings. The molecule has 0 N–H and O–H groups in total. The smallest absolute Gasteiger partial charge is 0.0786 e. The van der Waals surface area contributed by atoms with Crippen LogP contribution in [0.15, 0.2) is 0 Å². The molecule has 0 radical (unpaired) electrons. The third-order valence-corrected chi connectivity index (χ3v) is 7.69. The van der Waals surface area contributed by atoms with Crippen molar-refractivity contribution >= 4 is 0 Å². The molecule has 0 rings (SSSR count). The van der Waals surface area contributed by atoms with E-state index >= 15 is 0 Å². The molecule has 0 aliphatic carbocycles. The summed E-state index contributed by atoms with van der Waals surface area (Å²) >= 11 is 0. The lowest BCUT2D eigenvalue weighted by molar-refractivity contribution is -0.929. The number of hydrogen-bond acceptors (Lipinski definition) is 0. The summed E-state index contributed by atoms with van der Waals surface area (Å²) in [5, 5.41) is 0. The Balaban J connectivity index is 4.72. The van der Waals surface area contributed by atoms with Crippen LogP contribution in [-0.2, 0) is 0 Å². The Kier molecular flexibility index (Phi) is 25.5. The van der Waals surface area contributed by atoms with Crippen molar-refractivity contribution in [1.29, 1.82) is 0 Å². The van der Waals surface area contributed by atoms with Gasteiger partial charge in [-0.15, -0.1) is 0 Å². The molecular weight excluding hydrogens is 386 g/mol. The quantitative estimate of drug-likeness (QED) is 0.0858. The molecule has 1 nitrogen and oxygen atoms in total. The summed E-state index contributed by atoms with van der Waals surface area (Å²) in [5.41, 5.74) is 0. The van der Waals surface area contributed by atoms with Crippen molar-refractivity contribution < 1.29 is 4.48 Å². The Morgan fingerprint density at radius 3 is 0.656 bits per heavy atom. The molecule has 0 saturated carbocycles. The number of nitrogens with zero attached hydrogens (tertiary/aromatic N) is 1. The van der Waals surface area contributed by atoms with Gasteiger partial charge in [0.25, 0.3) is 0 Å². The maximum atomic E-state index is 2.34. The van der Waals surface area contributed by atoms with Crippen molar-refractivity contribution in [3.63, 3.8) is 0 Å². The molecule has 194 valence electrons. The van der Waals surface area contributed by atoms with Crippen LogP contribution in [0.4, 0.5) is 0 Å². The van der Waals surface area contributed by atoms with Crippen molar-refractivity contribution in [3.8, 4) is 0 Å². The van der Waals surface area contributed by atoms with Crippen molar-refractivity contribution in [1.82, 2.24) is 0 Å². The van der Waals surface area contributed by atoms with Gasteiger partial charge in [-0.25, -0.2) is 0 Å². The fraction of sp³-hybridized carbons (Fsp3) is 1.00. The van der Waals surface area contributed by atoms with E-state index in [0.29, 0.717) is 0 Å². The van der Waals surface area contributed by atoms with Crippen molar-refractivity contribution in [2.45, 2.75) is 175 Å². The summed E-state index contributed by atoms with van der Waals surface area (Å²) in [6, 6.07) is 0. The molecule has 32 heavy (non-hydrogen) atoms. The Labute approximate surface area is 206 Å². The largest absolute Gasteiger partial charge is 0.324 e. The van der Waals surface area contributed by atoms with Crippen LogP contribution >= 0.6 is 0 Å². The maximum absolute atomic E-state index is 2.34.